The summed E-state index contributed by atoms with van der Waals surface area (Å²) in [5.74, 6) is -1.26. The molecule has 9 rings (SSSR count). The van der Waals surface area contributed by atoms with Gasteiger partial charge in [0.15, 0.2) is 0 Å². The van der Waals surface area contributed by atoms with Crippen LogP contribution in [-0.2, 0) is 16.0 Å². The number of nitrogens with zero attached hydrogens (tertiary/aromatic N) is 7. The lowest BCUT2D eigenvalue weighted by Gasteiger charge is -2.36. The molecule has 14 heteroatoms. The molecule has 2 saturated heterocycles. The van der Waals surface area contributed by atoms with Crippen molar-refractivity contribution in [3.05, 3.63) is 114 Å². The van der Waals surface area contributed by atoms with Crippen LogP contribution >= 0.6 is 0 Å². The summed E-state index contributed by atoms with van der Waals surface area (Å²) in [5.41, 5.74) is 9.01. The summed E-state index contributed by atoms with van der Waals surface area (Å²) in [7, 11) is 0. The lowest BCUT2D eigenvalue weighted by molar-refractivity contribution is -0.136. The number of rotatable bonds is 9. The second-order valence-electron chi connectivity index (χ2n) is 14.3. The minimum Gasteiger partial charge on any atom is -0.492 e. The number of anilines is 1. The quantitative estimate of drug-likeness (QED) is 0.126. The Morgan fingerprint density at radius 3 is 2.29 bits per heavy atom. The number of pyridine rings is 1. The molecule has 0 spiro atoms. The predicted octanol–water partition coefficient (Wildman–Crippen LogP) is 4.33. The Balaban J connectivity index is 0.809. The van der Waals surface area contributed by atoms with Crippen LogP contribution in [0.4, 0.5) is 5.69 Å². The zero-order chi connectivity index (χ0) is 38.3. The van der Waals surface area contributed by atoms with Crippen molar-refractivity contribution < 1.29 is 29.1 Å². The molecule has 4 amide bonds. The summed E-state index contributed by atoms with van der Waals surface area (Å²) in [4.78, 5) is 60.1. The molecule has 2 fully saturated rings. The molecule has 4 aliphatic rings. The normalized spacial score (nSPS) is 19.1. The van der Waals surface area contributed by atoms with E-state index < -0.39 is 29.7 Å². The molecule has 0 bridgehead atoms. The molecule has 0 radical (unpaired) electrons. The van der Waals surface area contributed by atoms with Crippen LogP contribution in [0.3, 0.4) is 0 Å². The van der Waals surface area contributed by atoms with Gasteiger partial charge < -0.3 is 14.8 Å². The van der Waals surface area contributed by atoms with E-state index in [0.29, 0.717) is 6.61 Å². The molecule has 2 N–H and O–H groups in total. The number of aromatic nitrogens is 3. The maximum Gasteiger partial charge on any atom is 0.262 e. The highest BCUT2D eigenvalue weighted by molar-refractivity contribution is 6.23. The number of amides is 4. The molecular formula is C42H38N8O6. The highest BCUT2D eigenvalue weighted by atomic mass is 16.5. The number of aryl methyl sites for hydroxylation is 1. The van der Waals surface area contributed by atoms with Crippen molar-refractivity contribution in [1.82, 2.24) is 29.9 Å². The van der Waals surface area contributed by atoms with Crippen molar-refractivity contribution in [2.75, 3.05) is 44.2 Å². The van der Waals surface area contributed by atoms with Crippen LogP contribution in [0.1, 0.15) is 51.1 Å². The third-order valence-corrected chi connectivity index (χ3v) is 11.1. The van der Waals surface area contributed by atoms with Crippen LogP contribution in [0.2, 0.25) is 0 Å². The van der Waals surface area contributed by atoms with Gasteiger partial charge in [-0.15, -0.1) is 0 Å². The zero-order valence-corrected chi connectivity index (χ0v) is 30.4. The van der Waals surface area contributed by atoms with Crippen molar-refractivity contribution in [2.45, 2.75) is 31.7 Å². The van der Waals surface area contributed by atoms with Gasteiger partial charge in [0.1, 0.15) is 24.1 Å². The Morgan fingerprint density at radius 1 is 0.768 bits per heavy atom. The van der Waals surface area contributed by atoms with Gasteiger partial charge in [-0.3, -0.25) is 39.3 Å². The SMILES string of the molecule is O=C1CCC(N2C(=O)c3ccc(N4CCN(CCOc5ccc(-n6cc(-c7ccc8c(c7)CCC8=NO)c(-c7ccncc7)n6)cc5)CC4)cc3C2=O)C(=O)N1. The van der Waals surface area contributed by atoms with Gasteiger partial charge in [-0.05, 0) is 85.0 Å². The molecule has 14 nitrogen and oxygen atoms in total. The third kappa shape index (κ3) is 6.47. The van der Waals surface area contributed by atoms with Gasteiger partial charge in [0.05, 0.1) is 22.5 Å². The molecule has 1 unspecified atom stereocenters. The number of benzene rings is 3. The Hall–Kier alpha value is -6.67. The van der Waals surface area contributed by atoms with Gasteiger partial charge in [-0.1, -0.05) is 23.4 Å². The van der Waals surface area contributed by atoms with Crippen molar-refractivity contribution in [2.24, 2.45) is 5.16 Å². The largest absolute Gasteiger partial charge is 0.492 e. The summed E-state index contributed by atoms with van der Waals surface area (Å²) in [6.45, 7) is 4.35. The first-order valence-electron chi connectivity index (χ1n) is 18.8. The average Bonchev–Trinajstić information content (AvgIpc) is 3.93. The molecule has 2 aromatic heterocycles. The topological polar surface area (TPSA) is 163 Å². The van der Waals surface area contributed by atoms with E-state index in [4.69, 9.17) is 9.84 Å². The van der Waals surface area contributed by atoms with Gasteiger partial charge in [-0.25, -0.2) is 4.68 Å². The first-order valence-corrected chi connectivity index (χ1v) is 18.8. The lowest BCUT2D eigenvalue weighted by Crippen LogP contribution is -2.54. The number of piperidine rings is 1. The summed E-state index contributed by atoms with van der Waals surface area (Å²) in [6, 6.07) is 22.3. The lowest BCUT2D eigenvalue weighted by atomic mass is 9.98. The summed E-state index contributed by atoms with van der Waals surface area (Å²) >= 11 is 0. The van der Waals surface area contributed by atoms with Crippen molar-refractivity contribution in [3.8, 4) is 33.8 Å². The fraction of sp³-hybridized carbons (Fsp3) is 0.262. The van der Waals surface area contributed by atoms with Gasteiger partial charge in [0.2, 0.25) is 11.8 Å². The molecule has 5 heterocycles. The molecule has 56 heavy (non-hydrogen) atoms. The Kier molecular flexibility index (Phi) is 9.09. The second kappa shape index (κ2) is 14.5. The van der Waals surface area contributed by atoms with E-state index in [0.717, 1.165) is 107 Å². The Bertz CT molecular complexity index is 2400. The number of piperazine rings is 1. The van der Waals surface area contributed by atoms with Crippen LogP contribution in [0.5, 0.6) is 5.75 Å². The number of carbonyl (C=O) groups is 4. The number of oxime groups is 1. The highest BCUT2D eigenvalue weighted by Crippen LogP contribution is 2.36. The minimum absolute atomic E-state index is 0.0846. The van der Waals surface area contributed by atoms with E-state index in [1.165, 1.54) is 0 Å². The number of fused-ring (bicyclic) bond motifs is 2. The van der Waals surface area contributed by atoms with E-state index in [9.17, 15) is 24.4 Å². The highest BCUT2D eigenvalue weighted by Gasteiger charge is 2.44. The van der Waals surface area contributed by atoms with Crippen LogP contribution in [0.15, 0.2) is 96.5 Å². The van der Waals surface area contributed by atoms with Crippen LogP contribution in [0, 0.1) is 0 Å². The number of hydrogen-bond donors (Lipinski definition) is 2. The fourth-order valence-electron chi connectivity index (χ4n) is 8.05. The molecule has 3 aliphatic heterocycles. The summed E-state index contributed by atoms with van der Waals surface area (Å²) in [5, 5.41) is 20.1. The third-order valence-electron chi connectivity index (χ3n) is 11.1. The Labute approximate surface area is 322 Å². The Morgan fingerprint density at radius 2 is 1.52 bits per heavy atom. The second-order valence-corrected chi connectivity index (χ2v) is 14.3. The van der Waals surface area contributed by atoms with Crippen LogP contribution < -0.4 is 15.0 Å². The number of imide groups is 2. The van der Waals surface area contributed by atoms with Crippen molar-refractivity contribution >= 4 is 35.0 Å². The van der Waals surface area contributed by atoms with Crippen molar-refractivity contribution in [1.29, 1.82) is 0 Å². The fourth-order valence-corrected chi connectivity index (χ4v) is 8.05. The van der Waals surface area contributed by atoms with E-state index in [1.54, 1.807) is 24.5 Å². The first-order chi connectivity index (χ1) is 27.3. The molecule has 3 aromatic carbocycles. The standard InChI is InChI=1S/C42H38N8O6/c51-38-12-11-37(40(52)44-38)50-41(53)33-9-5-30(24-34(33)42(50)54)48-19-17-47(18-20-48)21-22-56-31-6-3-29(4-7-31)49-25-35(39(45-49)26-13-15-43-16-14-26)28-1-8-32-27(23-28)2-10-36(32)46-55/h1,3-9,13-16,23-25,37,55H,2,10-12,17-22H2,(H,44,51,52). The van der Waals surface area contributed by atoms with Crippen LogP contribution in [0.25, 0.3) is 28.1 Å². The van der Waals surface area contributed by atoms with Crippen LogP contribution in [-0.4, -0.2) is 104 Å². The zero-order valence-electron chi connectivity index (χ0n) is 30.4. The molecule has 5 aromatic rings. The van der Waals surface area contributed by atoms with Gasteiger partial charge in [0.25, 0.3) is 11.8 Å². The summed E-state index contributed by atoms with van der Waals surface area (Å²) < 4.78 is 8.02. The first kappa shape index (κ1) is 35.1. The van der Waals surface area contributed by atoms with Gasteiger partial charge in [0, 0.05) is 80.1 Å². The van der Waals surface area contributed by atoms with E-state index in [1.807, 2.05) is 59.4 Å². The summed E-state index contributed by atoms with van der Waals surface area (Å²) in [6.07, 6.45) is 7.33. The van der Waals surface area contributed by atoms with E-state index >= 15 is 0 Å². The molecule has 1 atom stereocenters. The van der Waals surface area contributed by atoms with Gasteiger partial charge >= 0.3 is 0 Å². The van der Waals surface area contributed by atoms with Crippen molar-refractivity contribution in [3.63, 3.8) is 0 Å². The van der Waals surface area contributed by atoms with E-state index in [2.05, 4.69) is 37.4 Å². The van der Waals surface area contributed by atoms with Gasteiger partial charge in [-0.2, -0.15) is 5.10 Å². The minimum atomic E-state index is -0.983. The maximum absolute atomic E-state index is 13.3. The average molecular weight is 751 g/mol. The smallest absolute Gasteiger partial charge is 0.262 e. The predicted molar refractivity (Wildman–Crippen MR) is 206 cm³/mol. The number of hydrogen-bond acceptors (Lipinski definition) is 11. The number of ether oxygens (including phenoxy) is 1. The van der Waals surface area contributed by atoms with E-state index in [-0.39, 0.29) is 24.0 Å². The monoisotopic (exact) mass is 750 g/mol. The molecular weight excluding hydrogens is 713 g/mol. The molecule has 282 valence electrons. The molecule has 1 aliphatic carbocycles. The molecule has 0 saturated carbocycles. The number of carbonyl (C=O) groups excluding carboxylic acids is 4. The maximum atomic E-state index is 13.3. The number of nitrogens with one attached hydrogen (secondary N) is 1.